The van der Waals surface area contributed by atoms with E-state index in [1.165, 1.54) is 36.4 Å². The fourth-order valence-corrected chi connectivity index (χ4v) is 3.85. The van der Waals surface area contributed by atoms with Crippen LogP contribution in [-0.2, 0) is 14.8 Å². The minimum Gasteiger partial charge on any atom is -0.430 e. The number of ether oxygens (including phenoxy) is 1. The summed E-state index contributed by atoms with van der Waals surface area (Å²) in [6.07, 6.45) is -8.96. The Morgan fingerprint density at radius 2 is 1.64 bits per heavy atom. The molecule has 1 heterocycles. The van der Waals surface area contributed by atoms with Crippen LogP contribution < -0.4 is 4.31 Å². The molecule has 1 atom stereocenters. The molecule has 2 aromatic rings. The molecule has 5 nitrogen and oxygen atoms in total. The molecule has 9 heteroatoms. The van der Waals surface area contributed by atoms with E-state index in [1.54, 1.807) is 6.92 Å². The zero-order chi connectivity index (χ0) is 18.4. The van der Waals surface area contributed by atoms with Gasteiger partial charge in [0.25, 0.3) is 10.0 Å². The summed E-state index contributed by atoms with van der Waals surface area (Å²) in [5, 5.41) is 0. The van der Waals surface area contributed by atoms with E-state index in [0.717, 1.165) is 17.7 Å². The second kappa shape index (κ2) is 5.76. The van der Waals surface area contributed by atoms with E-state index in [4.69, 9.17) is 0 Å². The first-order valence-electron chi connectivity index (χ1n) is 7.10. The van der Waals surface area contributed by atoms with E-state index in [-0.39, 0.29) is 14.9 Å². The quantitative estimate of drug-likeness (QED) is 0.802. The Hall–Kier alpha value is -2.55. The molecule has 0 saturated heterocycles. The van der Waals surface area contributed by atoms with Crippen LogP contribution in [0.4, 0.5) is 23.7 Å². The Kier molecular flexibility index (Phi) is 3.98. The molecule has 0 unspecified atom stereocenters. The number of rotatable bonds is 2. The predicted octanol–water partition coefficient (Wildman–Crippen LogP) is 3.94. The highest BCUT2D eigenvalue weighted by Crippen LogP contribution is 2.45. The van der Waals surface area contributed by atoms with E-state index >= 15 is 0 Å². The summed E-state index contributed by atoms with van der Waals surface area (Å²) < 4.78 is 69.6. The van der Waals surface area contributed by atoms with E-state index in [2.05, 4.69) is 4.74 Å². The van der Waals surface area contributed by atoms with Gasteiger partial charge in [0.05, 0.1) is 10.6 Å². The molecule has 132 valence electrons. The molecule has 0 saturated carbocycles. The number of sulfonamides is 1. The molecular formula is C16H12F3NO4S. The highest BCUT2D eigenvalue weighted by molar-refractivity contribution is 7.93. The molecule has 2 aromatic carbocycles. The van der Waals surface area contributed by atoms with E-state index in [9.17, 15) is 26.4 Å². The van der Waals surface area contributed by atoms with Crippen LogP contribution in [0.15, 0.2) is 53.4 Å². The second-order valence-electron chi connectivity index (χ2n) is 5.45. The van der Waals surface area contributed by atoms with Crippen molar-refractivity contribution >= 4 is 21.8 Å². The molecule has 1 aliphatic heterocycles. The van der Waals surface area contributed by atoms with Gasteiger partial charge in [0, 0.05) is 5.56 Å². The van der Waals surface area contributed by atoms with Gasteiger partial charge in [-0.15, -0.1) is 0 Å². The van der Waals surface area contributed by atoms with Gasteiger partial charge in [-0.05, 0) is 25.1 Å². The Morgan fingerprint density at radius 1 is 1.04 bits per heavy atom. The number of carbonyl (C=O) groups excluding carboxylic acids is 1. The molecule has 0 aliphatic carbocycles. The van der Waals surface area contributed by atoms with Crippen molar-refractivity contribution in [1.29, 1.82) is 0 Å². The number of halogens is 3. The van der Waals surface area contributed by atoms with Crippen LogP contribution in [0, 0.1) is 6.92 Å². The first-order valence-corrected chi connectivity index (χ1v) is 8.54. The van der Waals surface area contributed by atoms with Crippen molar-refractivity contribution in [3.05, 3.63) is 59.7 Å². The number of para-hydroxylation sites is 1. The Labute approximate surface area is 141 Å². The number of fused-ring (bicyclic) bond motifs is 1. The highest BCUT2D eigenvalue weighted by atomic mass is 32.2. The van der Waals surface area contributed by atoms with E-state index in [0.29, 0.717) is 0 Å². The monoisotopic (exact) mass is 371 g/mol. The number of anilines is 1. The van der Waals surface area contributed by atoms with E-state index < -0.39 is 34.0 Å². The van der Waals surface area contributed by atoms with Crippen LogP contribution in [0.5, 0.6) is 0 Å². The zero-order valence-electron chi connectivity index (χ0n) is 12.8. The van der Waals surface area contributed by atoms with Gasteiger partial charge in [-0.3, -0.25) is 0 Å². The molecule has 0 spiro atoms. The van der Waals surface area contributed by atoms with Gasteiger partial charge >= 0.3 is 12.3 Å². The lowest BCUT2D eigenvalue weighted by atomic mass is 10.1. The molecule has 0 radical (unpaired) electrons. The lowest BCUT2D eigenvalue weighted by molar-refractivity contribution is -0.206. The average molecular weight is 371 g/mol. The minimum absolute atomic E-state index is 0.227. The summed E-state index contributed by atoms with van der Waals surface area (Å²) in [4.78, 5) is 11.9. The van der Waals surface area contributed by atoms with Crippen molar-refractivity contribution in [1.82, 2.24) is 0 Å². The molecule has 0 N–H and O–H groups in total. The summed E-state index contributed by atoms with van der Waals surface area (Å²) in [5.74, 6) is 0. The van der Waals surface area contributed by atoms with Gasteiger partial charge in [0.2, 0.25) is 6.10 Å². The van der Waals surface area contributed by atoms with Gasteiger partial charge in [-0.2, -0.15) is 17.5 Å². The molecule has 0 fully saturated rings. The van der Waals surface area contributed by atoms with Crippen LogP contribution in [0.2, 0.25) is 0 Å². The van der Waals surface area contributed by atoms with Crippen molar-refractivity contribution in [2.45, 2.75) is 24.1 Å². The first-order chi connectivity index (χ1) is 11.6. The first kappa shape index (κ1) is 17.3. The Bertz CT molecular complexity index is 923. The van der Waals surface area contributed by atoms with E-state index in [1.807, 2.05) is 0 Å². The molecule has 1 amide bonds. The maximum Gasteiger partial charge on any atom is 0.430 e. The SMILES string of the molecule is Cc1ccc(S(=O)(=O)N2C(=O)O[C@H](C(F)(F)F)c3ccccc32)cc1. The maximum atomic E-state index is 13.1. The summed E-state index contributed by atoms with van der Waals surface area (Å²) in [6, 6.07) is 10.5. The number of aryl methyl sites for hydroxylation is 1. The zero-order valence-corrected chi connectivity index (χ0v) is 13.6. The normalized spacial score (nSPS) is 17.8. The minimum atomic E-state index is -4.86. The topological polar surface area (TPSA) is 63.7 Å². The van der Waals surface area contributed by atoms with Crippen LogP contribution in [0.1, 0.15) is 17.2 Å². The molecule has 25 heavy (non-hydrogen) atoms. The smallest absolute Gasteiger partial charge is 0.430 e. The molecule has 3 rings (SSSR count). The number of cyclic esters (lactones) is 1. The van der Waals surface area contributed by atoms with Gasteiger partial charge in [-0.1, -0.05) is 35.9 Å². The van der Waals surface area contributed by atoms with Gasteiger partial charge in [-0.25, -0.2) is 13.2 Å². The lowest BCUT2D eigenvalue weighted by Gasteiger charge is -2.33. The number of carbonyl (C=O) groups is 1. The number of alkyl halides is 3. The van der Waals surface area contributed by atoms with Crippen molar-refractivity contribution in [3.8, 4) is 0 Å². The second-order valence-corrected chi connectivity index (χ2v) is 7.23. The standard InChI is InChI=1S/C16H12F3NO4S/c1-10-6-8-11(9-7-10)25(22,23)20-13-5-3-2-4-12(13)14(16(17,18)19)24-15(20)21/h2-9,14H,1H3/t14-/m0/s1. The van der Waals surface area contributed by atoms with Gasteiger partial charge < -0.3 is 4.74 Å². The number of hydrogen-bond donors (Lipinski definition) is 0. The summed E-state index contributed by atoms with van der Waals surface area (Å²) in [6.45, 7) is 1.74. The Balaban J connectivity index is 2.16. The number of amides is 1. The third-order valence-corrected chi connectivity index (χ3v) is 5.37. The van der Waals surface area contributed by atoms with Crippen molar-refractivity contribution in [2.75, 3.05) is 4.31 Å². The Morgan fingerprint density at radius 3 is 2.24 bits per heavy atom. The predicted molar refractivity (Wildman–Crippen MR) is 82.6 cm³/mol. The third-order valence-electron chi connectivity index (χ3n) is 3.68. The maximum absolute atomic E-state index is 13.1. The number of nitrogens with zero attached hydrogens (tertiary/aromatic N) is 1. The number of benzene rings is 2. The van der Waals surface area contributed by atoms with Crippen LogP contribution >= 0.6 is 0 Å². The average Bonchev–Trinajstić information content (AvgIpc) is 2.53. The highest BCUT2D eigenvalue weighted by Gasteiger charge is 2.51. The van der Waals surface area contributed by atoms with Crippen LogP contribution in [-0.4, -0.2) is 20.7 Å². The number of hydrogen-bond acceptors (Lipinski definition) is 4. The fourth-order valence-electron chi connectivity index (χ4n) is 2.49. The fraction of sp³-hybridized carbons (Fsp3) is 0.188. The van der Waals surface area contributed by atoms with Crippen LogP contribution in [0.3, 0.4) is 0 Å². The van der Waals surface area contributed by atoms with Crippen LogP contribution in [0.25, 0.3) is 0 Å². The largest absolute Gasteiger partial charge is 0.430 e. The summed E-state index contributed by atoms with van der Waals surface area (Å²) in [7, 11) is -4.42. The van der Waals surface area contributed by atoms with Gasteiger partial charge in [0.15, 0.2) is 0 Å². The molecular weight excluding hydrogens is 359 g/mol. The molecule has 1 aliphatic rings. The van der Waals surface area contributed by atoms with Gasteiger partial charge in [0.1, 0.15) is 0 Å². The lowest BCUT2D eigenvalue weighted by Crippen LogP contribution is -2.44. The van der Waals surface area contributed by atoms with Crippen molar-refractivity contribution in [3.63, 3.8) is 0 Å². The molecule has 0 bridgehead atoms. The van der Waals surface area contributed by atoms with Crippen molar-refractivity contribution < 1.29 is 31.1 Å². The van der Waals surface area contributed by atoms with Crippen molar-refractivity contribution in [2.24, 2.45) is 0 Å². The summed E-state index contributed by atoms with van der Waals surface area (Å²) in [5.41, 5.74) is -0.0235. The molecule has 0 aromatic heterocycles. The summed E-state index contributed by atoms with van der Waals surface area (Å²) >= 11 is 0. The third kappa shape index (κ3) is 2.95.